The van der Waals surface area contributed by atoms with Gasteiger partial charge in [-0.05, 0) is 20.3 Å². The number of anilines is 1. The second-order valence-corrected chi connectivity index (χ2v) is 5.12. The molecular weight excluding hydrogens is 264 g/mol. The van der Waals surface area contributed by atoms with Crippen LogP contribution < -0.4 is 5.32 Å². The van der Waals surface area contributed by atoms with Crippen molar-refractivity contribution in [2.24, 2.45) is 0 Å². The average Bonchev–Trinajstić information content (AvgIpc) is 2.89. The van der Waals surface area contributed by atoms with Crippen molar-refractivity contribution >= 4 is 16.9 Å². The normalized spacial score (nSPS) is 11.0. The van der Waals surface area contributed by atoms with E-state index in [1.54, 1.807) is 0 Å². The molecule has 5 nitrogen and oxygen atoms in total. The maximum Gasteiger partial charge on any atom is 0.228 e. The van der Waals surface area contributed by atoms with Crippen LogP contribution in [0.4, 0.5) is 5.82 Å². The minimum atomic E-state index is 0.615. The van der Waals surface area contributed by atoms with E-state index in [2.05, 4.69) is 46.4 Å². The van der Waals surface area contributed by atoms with Gasteiger partial charge in [-0.25, -0.2) is 9.97 Å². The standard InChI is InChI=1S/C16H18N4O/c1-4-9-17-16-15-14(18-11(3)19-16)13(20-21-15)12-7-5-10(2)6-8-12/h5-8H,4,9H2,1-3H3,(H,17,18,19). The highest BCUT2D eigenvalue weighted by Gasteiger charge is 2.17. The third-order valence-corrected chi connectivity index (χ3v) is 3.30. The van der Waals surface area contributed by atoms with Crippen LogP contribution in [0.15, 0.2) is 28.8 Å². The molecule has 0 unspecified atom stereocenters. The number of aryl methyl sites for hydroxylation is 2. The number of nitrogens with zero attached hydrogens (tertiary/aromatic N) is 3. The van der Waals surface area contributed by atoms with Crippen molar-refractivity contribution in [1.29, 1.82) is 0 Å². The van der Waals surface area contributed by atoms with Gasteiger partial charge >= 0.3 is 0 Å². The summed E-state index contributed by atoms with van der Waals surface area (Å²) in [6.45, 7) is 6.88. The maximum atomic E-state index is 5.48. The van der Waals surface area contributed by atoms with Gasteiger partial charge in [0.15, 0.2) is 5.82 Å². The Bertz CT molecular complexity index is 762. The fourth-order valence-corrected chi connectivity index (χ4v) is 2.21. The molecule has 0 atom stereocenters. The van der Waals surface area contributed by atoms with Crippen LogP contribution in [0.1, 0.15) is 24.7 Å². The molecule has 0 spiro atoms. The number of nitrogens with one attached hydrogen (secondary N) is 1. The van der Waals surface area contributed by atoms with Crippen LogP contribution in [-0.4, -0.2) is 21.7 Å². The Morgan fingerprint density at radius 1 is 1.10 bits per heavy atom. The average molecular weight is 282 g/mol. The highest BCUT2D eigenvalue weighted by Crippen LogP contribution is 2.30. The van der Waals surface area contributed by atoms with Gasteiger partial charge in [-0.15, -0.1) is 0 Å². The molecule has 0 radical (unpaired) electrons. The molecule has 108 valence electrons. The molecule has 3 aromatic rings. The van der Waals surface area contributed by atoms with E-state index in [-0.39, 0.29) is 0 Å². The molecule has 1 N–H and O–H groups in total. The molecule has 0 fully saturated rings. The van der Waals surface area contributed by atoms with Crippen molar-refractivity contribution in [3.63, 3.8) is 0 Å². The van der Waals surface area contributed by atoms with Crippen molar-refractivity contribution in [1.82, 2.24) is 15.1 Å². The Morgan fingerprint density at radius 3 is 2.57 bits per heavy atom. The first kappa shape index (κ1) is 13.5. The highest BCUT2D eigenvalue weighted by molar-refractivity contribution is 5.93. The zero-order chi connectivity index (χ0) is 14.8. The number of benzene rings is 1. The Labute approximate surface area is 123 Å². The van der Waals surface area contributed by atoms with Crippen LogP contribution in [0.5, 0.6) is 0 Å². The first-order valence-corrected chi connectivity index (χ1v) is 7.14. The number of hydrogen-bond donors (Lipinski definition) is 1. The lowest BCUT2D eigenvalue weighted by atomic mass is 10.1. The van der Waals surface area contributed by atoms with Crippen LogP contribution in [0.25, 0.3) is 22.4 Å². The predicted molar refractivity (Wildman–Crippen MR) is 83.3 cm³/mol. The number of hydrogen-bond acceptors (Lipinski definition) is 5. The molecule has 3 rings (SSSR count). The molecule has 5 heteroatoms. The van der Waals surface area contributed by atoms with Crippen LogP contribution in [-0.2, 0) is 0 Å². The van der Waals surface area contributed by atoms with E-state index in [4.69, 9.17) is 4.52 Å². The Kier molecular flexibility index (Phi) is 3.56. The van der Waals surface area contributed by atoms with Gasteiger partial charge in [0.1, 0.15) is 17.0 Å². The van der Waals surface area contributed by atoms with E-state index >= 15 is 0 Å². The van der Waals surface area contributed by atoms with Gasteiger partial charge in [-0.1, -0.05) is 41.9 Å². The number of rotatable bonds is 4. The largest absolute Gasteiger partial charge is 0.367 e. The summed E-state index contributed by atoms with van der Waals surface area (Å²) < 4.78 is 5.48. The molecule has 0 saturated heterocycles. The third-order valence-electron chi connectivity index (χ3n) is 3.30. The van der Waals surface area contributed by atoms with Crippen LogP contribution in [0, 0.1) is 13.8 Å². The smallest absolute Gasteiger partial charge is 0.228 e. The molecule has 0 aliphatic carbocycles. The first-order chi connectivity index (χ1) is 10.2. The zero-order valence-electron chi connectivity index (χ0n) is 12.5. The molecule has 0 saturated carbocycles. The third kappa shape index (κ3) is 2.59. The summed E-state index contributed by atoms with van der Waals surface area (Å²) >= 11 is 0. The van der Waals surface area contributed by atoms with Crippen molar-refractivity contribution in [3.05, 3.63) is 35.7 Å². The van der Waals surface area contributed by atoms with E-state index in [0.717, 1.165) is 29.7 Å². The summed E-state index contributed by atoms with van der Waals surface area (Å²) in [7, 11) is 0. The summed E-state index contributed by atoms with van der Waals surface area (Å²) in [4.78, 5) is 8.90. The molecule has 21 heavy (non-hydrogen) atoms. The summed E-state index contributed by atoms with van der Waals surface area (Å²) in [5, 5.41) is 7.45. The van der Waals surface area contributed by atoms with E-state index in [1.807, 2.05) is 19.1 Å². The van der Waals surface area contributed by atoms with Crippen molar-refractivity contribution < 1.29 is 4.52 Å². The lowest BCUT2D eigenvalue weighted by molar-refractivity contribution is 0.459. The number of fused-ring (bicyclic) bond motifs is 1. The highest BCUT2D eigenvalue weighted by atomic mass is 16.5. The summed E-state index contributed by atoms with van der Waals surface area (Å²) in [6.07, 6.45) is 1.02. The maximum absolute atomic E-state index is 5.48. The summed E-state index contributed by atoms with van der Waals surface area (Å²) in [5.74, 6) is 1.42. The topological polar surface area (TPSA) is 63.8 Å². The summed E-state index contributed by atoms with van der Waals surface area (Å²) in [5.41, 5.74) is 4.34. The van der Waals surface area contributed by atoms with Crippen LogP contribution in [0.2, 0.25) is 0 Å². The lowest BCUT2D eigenvalue weighted by Crippen LogP contribution is -2.04. The van der Waals surface area contributed by atoms with Crippen molar-refractivity contribution in [2.45, 2.75) is 27.2 Å². The minimum Gasteiger partial charge on any atom is -0.367 e. The molecule has 2 heterocycles. The van der Waals surface area contributed by atoms with Gasteiger partial charge in [-0.3, -0.25) is 0 Å². The number of aromatic nitrogens is 3. The first-order valence-electron chi connectivity index (χ1n) is 7.14. The van der Waals surface area contributed by atoms with Gasteiger partial charge in [0, 0.05) is 12.1 Å². The molecule has 0 aliphatic rings. The molecule has 0 amide bonds. The van der Waals surface area contributed by atoms with E-state index in [9.17, 15) is 0 Å². The summed E-state index contributed by atoms with van der Waals surface area (Å²) in [6, 6.07) is 8.17. The van der Waals surface area contributed by atoms with Gasteiger partial charge in [-0.2, -0.15) is 0 Å². The zero-order valence-corrected chi connectivity index (χ0v) is 12.5. The predicted octanol–water partition coefficient (Wildman–Crippen LogP) is 3.72. The second kappa shape index (κ2) is 5.52. The fraction of sp³-hybridized carbons (Fsp3) is 0.312. The van der Waals surface area contributed by atoms with Gasteiger partial charge in [0.25, 0.3) is 0 Å². The second-order valence-electron chi connectivity index (χ2n) is 5.12. The molecule has 0 bridgehead atoms. The van der Waals surface area contributed by atoms with Gasteiger partial charge < -0.3 is 9.84 Å². The minimum absolute atomic E-state index is 0.615. The van der Waals surface area contributed by atoms with E-state index in [0.29, 0.717) is 17.2 Å². The SMILES string of the molecule is CCCNc1nc(C)nc2c(-c3ccc(C)cc3)noc12. The Morgan fingerprint density at radius 2 is 1.86 bits per heavy atom. The van der Waals surface area contributed by atoms with Crippen molar-refractivity contribution in [2.75, 3.05) is 11.9 Å². The molecular formula is C16H18N4O. The van der Waals surface area contributed by atoms with Gasteiger partial charge in [0.05, 0.1) is 0 Å². The van der Waals surface area contributed by atoms with Gasteiger partial charge in [0.2, 0.25) is 5.58 Å². The van der Waals surface area contributed by atoms with E-state index < -0.39 is 0 Å². The molecule has 0 aliphatic heterocycles. The Balaban J connectivity index is 2.13. The fourth-order valence-electron chi connectivity index (χ4n) is 2.21. The quantitative estimate of drug-likeness (QED) is 0.790. The lowest BCUT2D eigenvalue weighted by Gasteiger charge is -2.04. The van der Waals surface area contributed by atoms with Crippen molar-refractivity contribution in [3.8, 4) is 11.3 Å². The molecule has 2 aromatic heterocycles. The monoisotopic (exact) mass is 282 g/mol. The van der Waals surface area contributed by atoms with Crippen LogP contribution in [0.3, 0.4) is 0 Å². The van der Waals surface area contributed by atoms with Crippen LogP contribution >= 0.6 is 0 Å². The Hall–Kier alpha value is -2.43. The van der Waals surface area contributed by atoms with E-state index in [1.165, 1.54) is 5.56 Å². The molecule has 1 aromatic carbocycles.